The molecule has 1 saturated carbocycles. The minimum atomic E-state index is 0.213. The predicted molar refractivity (Wildman–Crippen MR) is 85.1 cm³/mol. The van der Waals surface area contributed by atoms with Gasteiger partial charge in [-0.3, -0.25) is 11.3 Å². The molecule has 0 heterocycles. The molecule has 2 aromatic rings. The van der Waals surface area contributed by atoms with Crippen LogP contribution in [0, 0.1) is 16.7 Å². The van der Waals surface area contributed by atoms with Crippen LogP contribution in [0.1, 0.15) is 39.3 Å². The smallest absolute Gasteiger partial charge is 0.0498 e. The largest absolute Gasteiger partial charge is 0.271 e. The summed E-state index contributed by atoms with van der Waals surface area (Å²) >= 11 is 0. The molecule has 106 valence electrons. The molecule has 3 rings (SSSR count). The molecular weight excluding hydrogens is 244 g/mol. The van der Waals surface area contributed by atoms with Crippen LogP contribution in [-0.2, 0) is 0 Å². The number of hydrogen-bond acceptors (Lipinski definition) is 2. The van der Waals surface area contributed by atoms with Crippen molar-refractivity contribution in [3.63, 3.8) is 0 Å². The van der Waals surface area contributed by atoms with E-state index in [1.165, 1.54) is 16.3 Å². The van der Waals surface area contributed by atoms with E-state index in [1.54, 1.807) is 0 Å². The molecular formula is C18H24N2. The van der Waals surface area contributed by atoms with Crippen LogP contribution in [0.3, 0.4) is 0 Å². The first-order valence-electron chi connectivity index (χ1n) is 7.34. The van der Waals surface area contributed by atoms with Crippen molar-refractivity contribution in [2.45, 2.75) is 33.7 Å². The maximum Gasteiger partial charge on any atom is 0.0498 e. The van der Waals surface area contributed by atoms with Gasteiger partial charge in [0.25, 0.3) is 0 Å². The monoisotopic (exact) mass is 268 g/mol. The summed E-state index contributed by atoms with van der Waals surface area (Å²) in [6.07, 6.45) is 0. The van der Waals surface area contributed by atoms with Crippen LogP contribution in [0.5, 0.6) is 0 Å². The van der Waals surface area contributed by atoms with E-state index in [-0.39, 0.29) is 6.04 Å². The highest BCUT2D eigenvalue weighted by atomic mass is 15.2. The van der Waals surface area contributed by atoms with E-state index in [0.717, 1.165) is 0 Å². The molecule has 1 aliphatic carbocycles. The van der Waals surface area contributed by atoms with Crippen LogP contribution in [0.15, 0.2) is 42.5 Å². The lowest BCUT2D eigenvalue weighted by molar-refractivity contribution is 0.418. The van der Waals surface area contributed by atoms with E-state index in [9.17, 15) is 0 Å². The molecule has 0 bridgehead atoms. The van der Waals surface area contributed by atoms with Crippen molar-refractivity contribution >= 4 is 10.8 Å². The Morgan fingerprint density at radius 3 is 2.10 bits per heavy atom. The molecule has 2 heteroatoms. The topological polar surface area (TPSA) is 38.0 Å². The third-order valence-electron chi connectivity index (χ3n) is 5.78. The molecule has 1 atom stereocenters. The number of fused-ring (bicyclic) bond motifs is 1. The zero-order valence-electron chi connectivity index (χ0n) is 12.8. The van der Waals surface area contributed by atoms with Crippen molar-refractivity contribution in [3.05, 3.63) is 48.0 Å². The fourth-order valence-electron chi connectivity index (χ4n) is 3.87. The predicted octanol–water partition coefficient (Wildman–Crippen LogP) is 4.03. The first-order chi connectivity index (χ1) is 9.39. The van der Waals surface area contributed by atoms with Gasteiger partial charge in [-0.25, -0.2) is 0 Å². The quantitative estimate of drug-likeness (QED) is 0.651. The molecule has 0 saturated heterocycles. The molecule has 3 N–H and O–H groups in total. The van der Waals surface area contributed by atoms with Crippen LogP contribution < -0.4 is 11.3 Å². The third kappa shape index (κ3) is 1.79. The summed E-state index contributed by atoms with van der Waals surface area (Å²) in [7, 11) is 0. The minimum Gasteiger partial charge on any atom is -0.271 e. The van der Waals surface area contributed by atoms with Gasteiger partial charge in [0.2, 0.25) is 0 Å². The zero-order valence-corrected chi connectivity index (χ0v) is 12.8. The van der Waals surface area contributed by atoms with Crippen LogP contribution >= 0.6 is 0 Å². The van der Waals surface area contributed by atoms with Gasteiger partial charge in [-0.05, 0) is 39.2 Å². The summed E-state index contributed by atoms with van der Waals surface area (Å²) in [5.41, 5.74) is 4.97. The summed E-state index contributed by atoms with van der Waals surface area (Å²) < 4.78 is 0. The second-order valence-electron chi connectivity index (χ2n) is 7.17. The fourth-order valence-corrected chi connectivity index (χ4v) is 3.87. The molecule has 1 unspecified atom stereocenters. The summed E-state index contributed by atoms with van der Waals surface area (Å²) in [5, 5.41) is 2.56. The first-order valence-corrected chi connectivity index (χ1v) is 7.34. The van der Waals surface area contributed by atoms with E-state index in [0.29, 0.717) is 16.7 Å². The van der Waals surface area contributed by atoms with E-state index in [4.69, 9.17) is 5.84 Å². The Bertz CT molecular complexity index is 629. The molecule has 0 radical (unpaired) electrons. The lowest BCUT2D eigenvalue weighted by Crippen LogP contribution is -2.31. The Labute approximate surface area is 121 Å². The molecule has 1 aliphatic rings. The van der Waals surface area contributed by atoms with Crippen LogP contribution in [-0.4, -0.2) is 0 Å². The van der Waals surface area contributed by atoms with Crippen LogP contribution in [0.4, 0.5) is 0 Å². The molecule has 2 aromatic carbocycles. The second kappa shape index (κ2) is 4.31. The highest BCUT2D eigenvalue weighted by Crippen LogP contribution is 2.72. The van der Waals surface area contributed by atoms with Gasteiger partial charge >= 0.3 is 0 Å². The minimum absolute atomic E-state index is 0.213. The van der Waals surface area contributed by atoms with Crippen molar-refractivity contribution in [1.82, 2.24) is 5.43 Å². The average Bonchev–Trinajstić information content (AvgIpc) is 2.82. The van der Waals surface area contributed by atoms with Gasteiger partial charge in [0.15, 0.2) is 0 Å². The number of hydrazine groups is 1. The normalized spacial score (nSPS) is 21.9. The zero-order chi connectivity index (χ0) is 14.5. The SMILES string of the molecule is CC1(C)C(C(NN)c2ccc3ccccc3c2)C1(C)C. The second-order valence-corrected chi connectivity index (χ2v) is 7.17. The molecule has 20 heavy (non-hydrogen) atoms. The number of nitrogens with one attached hydrogen (secondary N) is 1. The van der Waals surface area contributed by atoms with E-state index < -0.39 is 0 Å². The molecule has 0 aliphatic heterocycles. The maximum atomic E-state index is 5.88. The van der Waals surface area contributed by atoms with Gasteiger partial charge in [0, 0.05) is 6.04 Å². The van der Waals surface area contributed by atoms with Crippen molar-refractivity contribution in [1.29, 1.82) is 0 Å². The third-order valence-corrected chi connectivity index (χ3v) is 5.78. The van der Waals surface area contributed by atoms with Crippen molar-refractivity contribution in [3.8, 4) is 0 Å². The number of rotatable bonds is 3. The van der Waals surface area contributed by atoms with Gasteiger partial charge in [-0.2, -0.15) is 0 Å². The fraction of sp³-hybridized carbons (Fsp3) is 0.444. The molecule has 0 aromatic heterocycles. The first kappa shape index (κ1) is 13.6. The lowest BCUT2D eigenvalue weighted by atomic mass is 9.95. The number of hydrogen-bond donors (Lipinski definition) is 2. The Balaban J connectivity index is 2.01. The Kier molecular flexibility index (Phi) is 2.93. The lowest BCUT2D eigenvalue weighted by Gasteiger charge is -2.19. The molecule has 0 amide bonds. The molecule has 2 nitrogen and oxygen atoms in total. The number of benzene rings is 2. The van der Waals surface area contributed by atoms with Gasteiger partial charge in [-0.15, -0.1) is 0 Å². The van der Waals surface area contributed by atoms with E-state index in [2.05, 4.69) is 75.6 Å². The Morgan fingerprint density at radius 2 is 1.55 bits per heavy atom. The Morgan fingerprint density at radius 1 is 0.950 bits per heavy atom. The van der Waals surface area contributed by atoms with Gasteiger partial charge in [0.05, 0.1) is 0 Å². The highest BCUT2D eigenvalue weighted by Gasteiger charge is 2.67. The molecule has 0 spiro atoms. The molecule has 1 fully saturated rings. The van der Waals surface area contributed by atoms with Crippen molar-refractivity contribution < 1.29 is 0 Å². The van der Waals surface area contributed by atoms with E-state index in [1.807, 2.05) is 0 Å². The number of nitrogens with two attached hydrogens (primary N) is 1. The summed E-state index contributed by atoms with van der Waals surface area (Å²) in [4.78, 5) is 0. The van der Waals surface area contributed by atoms with Crippen molar-refractivity contribution in [2.75, 3.05) is 0 Å². The summed E-state index contributed by atoms with van der Waals surface area (Å²) in [6, 6.07) is 15.4. The Hall–Kier alpha value is -1.38. The van der Waals surface area contributed by atoms with Crippen LogP contribution in [0.25, 0.3) is 10.8 Å². The van der Waals surface area contributed by atoms with Crippen molar-refractivity contribution in [2.24, 2.45) is 22.6 Å². The van der Waals surface area contributed by atoms with Crippen LogP contribution in [0.2, 0.25) is 0 Å². The average molecular weight is 268 g/mol. The summed E-state index contributed by atoms with van der Waals surface area (Å²) in [5.74, 6) is 6.44. The highest BCUT2D eigenvalue weighted by molar-refractivity contribution is 5.83. The van der Waals surface area contributed by atoms with Gasteiger partial charge in [-0.1, -0.05) is 64.1 Å². The summed E-state index contributed by atoms with van der Waals surface area (Å²) in [6.45, 7) is 9.35. The van der Waals surface area contributed by atoms with Gasteiger partial charge < -0.3 is 0 Å². The maximum absolute atomic E-state index is 5.88. The van der Waals surface area contributed by atoms with E-state index >= 15 is 0 Å². The van der Waals surface area contributed by atoms with Gasteiger partial charge in [0.1, 0.15) is 0 Å². The standard InChI is InChI=1S/C18H24N2/c1-17(2)16(18(17,3)4)15(20-19)14-10-9-12-7-5-6-8-13(12)11-14/h5-11,15-16,20H,19H2,1-4H3.